The monoisotopic (exact) mass is 220 g/mol. The highest BCUT2D eigenvalue weighted by atomic mass is 16.4. The minimum atomic E-state index is -0.956. The number of carboxylic acid groups (broad SMARTS) is 1. The van der Waals surface area contributed by atoms with Crippen molar-refractivity contribution in [2.45, 2.75) is 13.0 Å². The summed E-state index contributed by atoms with van der Waals surface area (Å²) in [4.78, 5) is 10.8. The maximum atomic E-state index is 10.8. The number of rotatable bonds is 4. The minimum absolute atomic E-state index is 0.210. The molecule has 6 nitrogen and oxygen atoms in total. The predicted octanol–water partition coefficient (Wildman–Crippen LogP) is 0.558. The Bertz CT molecular complexity index is 500. The van der Waals surface area contributed by atoms with E-state index in [-0.39, 0.29) is 5.69 Å². The van der Waals surface area contributed by atoms with E-state index in [1.807, 2.05) is 13.1 Å². The van der Waals surface area contributed by atoms with Crippen molar-refractivity contribution in [3.63, 3.8) is 0 Å². The van der Waals surface area contributed by atoms with Gasteiger partial charge in [-0.15, -0.1) is 0 Å². The van der Waals surface area contributed by atoms with Crippen LogP contribution in [0, 0.1) is 0 Å². The summed E-state index contributed by atoms with van der Waals surface area (Å²) < 4.78 is 3.25. The van der Waals surface area contributed by atoms with Crippen LogP contribution < -0.4 is 0 Å². The van der Waals surface area contributed by atoms with Crippen molar-refractivity contribution in [1.29, 1.82) is 0 Å². The van der Waals surface area contributed by atoms with E-state index >= 15 is 0 Å². The van der Waals surface area contributed by atoms with Crippen LogP contribution in [0.1, 0.15) is 16.2 Å². The zero-order chi connectivity index (χ0) is 11.5. The van der Waals surface area contributed by atoms with Crippen molar-refractivity contribution in [2.75, 3.05) is 0 Å². The van der Waals surface area contributed by atoms with Crippen molar-refractivity contribution < 1.29 is 9.90 Å². The van der Waals surface area contributed by atoms with E-state index in [0.717, 1.165) is 5.69 Å². The zero-order valence-corrected chi connectivity index (χ0v) is 8.87. The summed E-state index contributed by atoms with van der Waals surface area (Å²) >= 11 is 0. The molecule has 2 aromatic rings. The number of aromatic nitrogens is 4. The Balaban J connectivity index is 2.08. The molecule has 0 aliphatic carbocycles. The average molecular weight is 220 g/mol. The molecule has 0 bridgehead atoms. The average Bonchev–Trinajstić information content (AvgIpc) is 2.83. The molecular formula is C10H12N4O2. The molecule has 1 N–H and O–H groups in total. The molecule has 84 valence electrons. The number of carboxylic acids is 1. The summed E-state index contributed by atoms with van der Waals surface area (Å²) in [6.45, 7) is 0.536. The Morgan fingerprint density at radius 3 is 2.75 bits per heavy atom. The van der Waals surface area contributed by atoms with Crippen LogP contribution >= 0.6 is 0 Å². The second-order valence-corrected chi connectivity index (χ2v) is 3.44. The second-order valence-electron chi connectivity index (χ2n) is 3.44. The lowest BCUT2D eigenvalue weighted by Crippen LogP contribution is -2.12. The number of aryl methyl sites for hydroxylation is 3. The van der Waals surface area contributed by atoms with Gasteiger partial charge < -0.3 is 5.11 Å². The highest BCUT2D eigenvalue weighted by Gasteiger charge is 2.10. The van der Waals surface area contributed by atoms with Crippen LogP contribution in [0.4, 0.5) is 0 Å². The van der Waals surface area contributed by atoms with Gasteiger partial charge in [-0.25, -0.2) is 4.79 Å². The van der Waals surface area contributed by atoms with Gasteiger partial charge in [0.2, 0.25) is 0 Å². The molecule has 2 aromatic heterocycles. The Morgan fingerprint density at radius 1 is 1.38 bits per heavy atom. The van der Waals surface area contributed by atoms with Crippen LogP contribution in [0.5, 0.6) is 0 Å². The van der Waals surface area contributed by atoms with Gasteiger partial charge in [-0.05, 0) is 12.1 Å². The van der Waals surface area contributed by atoms with E-state index in [9.17, 15) is 4.79 Å². The molecule has 0 atom stereocenters. The quantitative estimate of drug-likeness (QED) is 0.817. The lowest BCUT2D eigenvalue weighted by atomic mass is 10.3. The summed E-state index contributed by atoms with van der Waals surface area (Å²) in [5.74, 6) is -0.956. The van der Waals surface area contributed by atoms with Gasteiger partial charge in [-0.2, -0.15) is 10.2 Å². The van der Waals surface area contributed by atoms with Crippen LogP contribution in [-0.2, 0) is 20.0 Å². The smallest absolute Gasteiger partial charge is 0.354 e. The Labute approximate surface area is 92.1 Å². The van der Waals surface area contributed by atoms with E-state index in [1.165, 1.54) is 16.9 Å². The van der Waals surface area contributed by atoms with Gasteiger partial charge in [0.1, 0.15) is 5.69 Å². The molecule has 0 radical (unpaired) electrons. The molecule has 0 unspecified atom stereocenters. The van der Waals surface area contributed by atoms with Gasteiger partial charge in [0.05, 0.1) is 0 Å². The largest absolute Gasteiger partial charge is 0.477 e. The van der Waals surface area contributed by atoms with Gasteiger partial charge in [-0.3, -0.25) is 9.36 Å². The summed E-state index contributed by atoms with van der Waals surface area (Å²) in [6, 6.07) is 3.40. The topological polar surface area (TPSA) is 72.9 Å². The molecule has 6 heteroatoms. The van der Waals surface area contributed by atoms with Gasteiger partial charge >= 0.3 is 5.97 Å². The SMILES string of the molecule is Cn1nccc1CCn1nccc1C(=O)O. The van der Waals surface area contributed by atoms with Gasteiger partial charge in [0, 0.05) is 38.1 Å². The molecular weight excluding hydrogens is 208 g/mol. The molecule has 0 saturated heterocycles. The highest BCUT2D eigenvalue weighted by Crippen LogP contribution is 2.03. The highest BCUT2D eigenvalue weighted by molar-refractivity contribution is 5.85. The molecule has 0 amide bonds. The third-order valence-electron chi connectivity index (χ3n) is 2.44. The fourth-order valence-corrected chi connectivity index (χ4v) is 1.56. The van der Waals surface area contributed by atoms with Crippen LogP contribution in [0.15, 0.2) is 24.5 Å². The number of hydrogen-bond donors (Lipinski definition) is 1. The standard InChI is InChI=1S/C10H12N4O2/c1-13-8(2-5-11-13)4-7-14-9(10(15)16)3-6-12-14/h2-3,5-6H,4,7H2,1H3,(H,15,16). The normalized spacial score (nSPS) is 10.6. The Morgan fingerprint density at radius 2 is 2.12 bits per heavy atom. The molecule has 0 aliphatic heterocycles. The van der Waals surface area contributed by atoms with E-state index < -0.39 is 5.97 Å². The third-order valence-corrected chi connectivity index (χ3v) is 2.44. The fraction of sp³-hybridized carbons (Fsp3) is 0.300. The first-order chi connectivity index (χ1) is 7.68. The third kappa shape index (κ3) is 1.95. The number of nitrogens with zero attached hydrogens (tertiary/aromatic N) is 4. The van der Waals surface area contributed by atoms with Gasteiger partial charge in [0.25, 0.3) is 0 Å². The zero-order valence-electron chi connectivity index (χ0n) is 8.87. The van der Waals surface area contributed by atoms with E-state index in [0.29, 0.717) is 13.0 Å². The van der Waals surface area contributed by atoms with E-state index in [4.69, 9.17) is 5.11 Å². The van der Waals surface area contributed by atoms with Crippen LogP contribution in [-0.4, -0.2) is 30.6 Å². The predicted molar refractivity (Wildman–Crippen MR) is 56.1 cm³/mol. The first-order valence-electron chi connectivity index (χ1n) is 4.90. The molecule has 2 heterocycles. The Hall–Kier alpha value is -2.11. The number of hydrogen-bond acceptors (Lipinski definition) is 3. The van der Waals surface area contributed by atoms with Crippen LogP contribution in [0.2, 0.25) is 0 Å². The second kappa shape index (κ2) is 4.18. The fourth-order valence-electron chi connectivity index (χ4n) is 1.56. The molecule has 0 spiro atoms. The van der Waals surface area contributed by atoms with Crippen LogP contribution in [0.25, 0.3) is 0 Å². The Kier molecular flexibility index (Phi) is 2.72. The van der Waals surface area contributed by atoms with Crippen molar-refractivity contribution in [3.8, 4) is 0 Å². The number of carbonyl (C=O) groups is 1. The summed E-state index contributed by atoms with van der Waals surface area (Å²) in [5.41, 5.74) is 1.26. The number of aromatic carboxylic acids is 1. The molecule has 0 aliphatic rings. The van der Waals surface area contributed by atoms with Gasteiger partial charge in [-0.1, -0.05) is 0 Å². The lowest BCUT2D eigenvalue weighted by molar-refractivity contribution is 0.0683. The lowest BCUT2D eigenvalue weighted by Gasteiger charge is -2.04. The molecule has 0 aromatic carbocycles. The van der Waals surface area contributed by atoms with Gasteiger partial charge in [0.15, 0.2) is 0 Å². The summed E-state index contributed by atoms with van der Waals surface area (Å²) in [6.07, 6.45) is 3.92. The van der Waals surface area contributed by atoms with E-state index in [1.54, 1.807) is 10.9 Å². The van der Waals surface area contributed by atoms with E-state index in [2.05, 4.69) is 10.2 Å². The van der Waals surface area contributed by atoms with Crippen molar-refractivity contribution in [3.05, 3.63) is 35.9 Å². The minimum Gasteiger partial charge on any atom is -0.477 e. The first-order valence-corrected chi connectivity index (χ1v) is 4.90. The maximum Gasteiger partial charge on any atom is 0.354 e. The molecule has 0 fully saturated rings. The maximum absolute atomic E-state index is 10.8. The van der Waals surface area contributed by atoms with Crippen molar-refractivity contribution in [2.24, 2.45) is 7.05 Å². The van der Waals surface area contributed by atoms with Crippen LogP contribution in [0.3, 0.4) is 0 Å². The molecule has 0 saturated carbocycles. The first kappa shape index (κ1) is 10.4. The van der Waals surface area contributed by atoms with Crippen molar-refractivity contribution in [1.82, 2.24) is 19.6 Å². The molecule has 2 rings (SSSR count). The summed E-state index contributed by atoms with van der Waals surface area (Å²) in [7, 11) is 1.86. The summed E-state index contributed by atoms with van der Waals surface area (Å²) in [5, 5.41) is 16.9. The van der Waals surface area contributed by atoms with Crippen molar-refractivity contribution >= 4 is 5.97 Å². The molecule has 16 heavy (non-hydrogen) atoms.